The van der Waals surface area contributed by atoms with E-state index >= 15 is 0 Å². The van der Waals surface area contributed by atoms with Gasteiger partial charge in [-0.1, -0.05) is 41.3 Å². The van der Waals surface area contributed by atoms with Crippen molar-refractivity contribution in [2.24, 2.45) is 0 Å². The molecular weight excluding hydrogens is 366 g/mol. The van der Waals surface area contributed by atoms with Gasteiger partial charge in [-0.25, -0.2) is 15.0 Å². The molecule has 6 nitrogen and oxygen atoms in total. The summed E-state index contributed by atoms with van der Waals surface area (Å²) in [5.41, 5.74) is 7.66. The summed E-state index contributed by atoms with van der Waals surface area (Å²) < 4.78 is 6.28. The van der Waals surface area contributed by atoms with Crippen LogP contribution in [0.25, 0.3) is 10.2 Å². The maximum Gasteiger partial charge on any atom is 0.189 e. The van der Waals surface area contributed by atoms with E-state index in [0.29, 0.717) is 21.7 Å². The van der Waals surface area contributed by atoms with Crippen molar-refractivity contribution in [1.82, 2.24) is 15.0 Å². The number of aromatic nitrogens is 3. The number of hydrogen-bond acceptors (Lipinski definition) is 8. The second-order valence-corrected chi connectivity index (χ2v) is 7.43. The Morgan fingerprint density at radius 2 is 1.96 bits per heavy atom. The van der Waals surface area contributed by atoms with Crippen molar-refractivity contribution in [2.75, 3.05) is 18.2 Å². The van der Waals surface area contributed by atoms with Crippen LogP contribution in [-0.2, 0) is 0 Å². The molecule has 0 fully saturated rings. The van der Waals surface area contributed by atoms with Crippen molar-refractivity contribution in [3.05, 3.63) is 54.9 Å². The van der Waals surface area contributed by atoms with Crippen molar-refractivity contribution in [3.8, 4) is 5.75 Å². The van der Waals surface area contributed by atoms with Crippen LogP contribution >= 0.6 is 23.1 Å². The molecule has 0 amide bonds. The summed E-state index contributed by atoms with van der Waals surface area (Å²) in [4.78, 5) is 14.2. The Bertz CT molecular complexity index is 1050. The van der Waals surface area contributed by atoms with Crippen LogP contribution in [0.15, 0.2) is 64.8 Å². The van der Waals surface area contributed by atoms with Crippen molar-refractivity contribution in [1.29, 1.82) is 0 Å². The molecular formula is C18H15N5OS2. The zero-order valence-electron chi connectivity index (χ0n) is 13.8. The summed E-state index contributed by atoms with van der Waals surface area (Å²) in [6, 6.07) is 15.7. The van der Waals surface area contributed by atoms with E-state index in [0.717, 1.165) is 20.9 Å². The Kier molecular flexibility index (Phi) is 4.59. The van der Waals surface area contributed by atoms with E-state index in [4.69, 9.17) is 10.5 Å². The van der Waals surface area contributed by atoms with Crippen LogP contribution < -0.4 is 15.8 Å². The lowest BCUT2D eigenvalue weighted by Crippen LogP contribution is -2.02. The fourth-order valence-electron chi connectivity index (χ4n) is 2.35. The molecule has 0 aliphatic carbocycles. The van der Waals surface area contributed by atoms with E-state index in [9.17, 15) is 0 Å². The van der Waals surface area contributed by atoms with Crippen molar-refractivity contribution < 1.29 is 4.74 Å². The van der Waals surface area contributed by atoms with Gasteiger partial charge < -0.3 is 15.8 Å². The number of hydrogen-bond donors (Lipinski definition) is 2. The van der Waals surface area contributed by atoms with Crippen molar-refractivity contribution in [2.45, 2.75) is 9.92 Å². The molecule has 0 radical (unpaired) electrons. The van der Waals surface area contributed by atoms with E-state index in [1.165, 1.54) is 29.4 Å². The second-order valence-electron chi connectivity index (χ2n) is 5.33. The molecule has 0 aliphatic heterocycles. The molecule has 4 aromatic rings. The number of benzene rings is 2. The zero-order chi connectivity index (χ0) is 17.9. The number of ether oxygens (including phenoxy) is 1. The third-order valence-electron chi connectivity index (χ3n) is 3.63. The number of anilines is 3. The van der Waals surface area contributed by atoms with Crippen LogP contribution in [-0.4, -0.2) is 22.1 Å². The average molecular weight is 381 g/mol. The molecule has 2 aromatic carbocycles. The quantitative estimate of drug-likeness (QED) is 0.490. The van der Waals surface area contributed by atoms with Gasteiger partial charge in [-0.05, 0) is 30.3 Å². The average Bonchev–Trinajstić information content (AvgIpc) is 3.07. The lowest BCUT2D eigenvalue weighted by molar-refractivity contribution is 0.415. The van der Waals surface area contributed by atoms with Gasteiger partial charge in [0.05, 0.1) is 17.3 Å². The van der Waals surface area contributed by atoms with Crippen molar-refractivity contribution >= 4 is 50.0 Å². The fraction of sp³-hybridized carbons (Fsp3) is 0.0556. The molecule has 2 heterocycles. The molecule has 0 saturated heterocycles. The van der Waals surface area contributed by atoms with E-state index in [2.05, 4.69) is 20.3 Å². The first-order chi connectivity index (χ1) is 12.7. The number of nitrogens with one attached hydrogen (secondary N) is 1. The van der Waals surface area contributed by atoms with Crippen LogP contribution in [0.5, 0.6) is 5.75 Å². The SMILES string of the molecule is COc1ccc2nc(Nc3ncnc(Sc4ccccc4)c3N)sc2c1. The largest absolute Gasteiger partial charge is 0.497 e. The van der Waals surface area contributed by atoms with E-state index in [1.807, 2.05) is 48.5 Å². The normalized spacial score (nSPS) is 10.8. The van der Waals surface area contributed by atoms with Crippen LogP contribution in [0.2, 0.25) is 0 Å². The number of nitrogens with two attached hydrogens (primary N) is 1. The molecule has 2 aromatic heterocycles. The molecule has 0 saturated carbocycles. The summed E-state index contributed by atoms with van der Waals surface area (Å²) in [6.45, 7) is 0. The Balaban J connectivity index is 1.61. The maximum absolute atomic E-state index is 6.27. The highest BCUT2D eigenvalue weighted by Gasteiger charge is 2.12. The molecule has 0 spiro atoms. The minimum atomic E-state index is 0.498. The van der Waals surface area contributed by atoms with Gasteiger partial charge in [0, 0.05) is 4.90 Å². The van der Waals surface area contributed by atoms with Gasteiger partial charge in [0.15, 0.2) is 10.9 Å². The standard InChI is InChI=1S/C18H15N5OS2/c1-24-11-7-8-13-14(9-11)26-18(22-13)23-16-15(19)17(21-10-20-16)25-12-5-3-2-4-6-12/h2-10H,19H2,1H3,(H,20,21,22,23). The molecule has 0 atom stereocenters. The number of fused-ring (bicyclic) bond motifs is 1. The first-order valence-electron chi connectivity index (χ1n) is 7.78. The highest BCUT2D eigenvalue weighted by Crippen LogP contribution is 2.35. The third-order valence-corrected chi connectivity index (χ3v) is 5.59. The first kappa shape index (κ1) is 16.6. The first-order valence-corrected chi connectivity index (χ1v) is 9.41. The molecule has 3 N–H and O–H groups in total. The summed E-state index contributed by atoms with van der Waals surface area (Å²) >= 11 is 3.01. The topological polar surface area (TPSA) is 86.0 Å². The van der Waals surface area contributed by atoms with Gasteiger partial charge in [0.25, 0.3) is 0 Å². The van der Waals surface area contributed by atoms with Crippen LogP contribution in [0.3, 0.4) is 0 Å². The number of methoxy groups -OCH3 is 1. The van der Waals surface area contributed by atoms with E-state index < -0.39 is 0 Å². The Labute approximate surface area is 158 Å². The van der Waals surface area contributed by atoms with Crippen molar-refractivity contribution in [3.63, 3.8) is 0 Å². The lowest BCUT2D eigenvalue weighted by atomic mass is 10.3. The minimum absolute atomic E-state index is 0.498. The van der Waals surface area contributed by atoms with Gasteiger partial charge in [0.2, 0.25) is 0 Å². The van der Waals surface area contributed by atoms with E-state index in [-0.39, 0.29) is 0 Å². The number of rotatable bonds is 5. The molecule has 0 aliphatic rings. The second kappa shape index (κ2) is 7.19. The predicted octanol–water partition coefficient (Wildman–Crippen LogP) is 4.57. The Morgan fingerprint density at radius 1 is 1.12 bits per heavy atom. The van der Waals surface area contributed by atoms with Crippen LogP contribution in [0, 0.1) is 0 Å². The summed E-state index contributed by atoms with van der Waals surface area (Å²) in [6.07, 6.45) is 1.50. The molecule has 0 bridgehead atoms. The predicted molar refractivity (Wildman–Crippen MR) is 106 cm³/mol. The van der Waals surface area contributed by atoms with Gasteiger partial charge in [-0.3, -0.25) is 0 Å². The summed E-state index contributed by atoms with van der Waals surface area (Å²) in [7, 11) is 1.65. The van der Waals surface area contributed by atoms with Gasteiger partial charge in [-0.2, -0.15) is 0 Å². The van der Waals surface area contributed by atoms with Gasteiger partial charge >= 0.3 is 0 Å². The van der Waals surface area contributed by atoms with Gasteiger partial charge in [0.1, 0.15) is 22.8 Å². The number of thiazole rings is 1. The fourth-order valence-corrected chi connectivity index (χ4v) is 4.06. The van der Waals surface area contributed by atoms with E-state index in [1.54, 1.807) is 7.11 Å². The zero-order valence-corrected chi connectivity index (χ0v) is 15.5. The number of nitrogen functional groups attached to an aromatic ring is 1. The molecule has 4 rings (SSSR count). The highest BCUT2D eigenvalue weighted by molar-refractivity contribution is 7.99. The Morgan fingerprint density at radius 3 is 2.77 bits per heavy atom. The molecule has 26 heavy (non-hydrogen) atoms. The third kappa shape index (κ3) is 3.42. The van der Waals surface area contributed by atoms with Gasteiger partial charge in [-0.15, -0.1) is 0 Å². The Hall–Kier alpha value is -2.84. The monoisotopic (exact) mass is 381 g/mol. The summed E-state index contributed by atoms with van der Waals surface area (Å²) in [5.74, 6) is 1.35. The molecule has 130 valence electrons. The maximum atomic E-state index is 6.27. The molecule has 8 heteroatoms. The molecule has 0 unspecified atom stereocenters. The van der Waals surface area contributed by atoms with Crippen LogP contribution in [0.1, 0.15) is 0 Å². The summed E-state index contributed by atoms with van der Waals surface area (Å²) in [5, 5.41) is 4.62. The van der Waals surface area contributed by atoms with Crippen LogP contribution in [0.4, 0.5) is 16.6 Å². The number of nitrogens with zero attached hydrogens (tertiary/aromatic N) is 3. The lowest BCUT2D eigenvalue weighted by Gasteiger charge is -2.08. The minimum Gasteiger partial charge on any atom is -0.497 e. The highest BCUT2D eigenvalue weighted by atomic mass is 32.2. The smallest absolute Gasteiger partial charge is 0.189 e.